The van der Waals surface area contributed by atoms with E-state index in [0.29, 0.717) is 5.58 Å². The fourth-order valence-corrected chi connectivity index (χ4v) is 1.06. The first-order valence-corrected chi connectivity index (χ1v) is 4.31. The number of phenolic OH excluding ortho intramolecular Hbond substituents is 1. The summed E-state index contributed by atoms with van der Waals surface area (Å²) in [5.41, 5.74) is 2.20. The molecule has 2 aromatic rings. The van der Waals surface area contributed by atoms with Gasteiger partial charge in [-0.1, -0.05) is 13.8 Å². The van der Waals surface area contributed by atoms with Crippen molar-refractivity contribution in [3.05, 3.63) is 24.1 Å². The molecule has 0 saturated carbocycles. The molecule has 0 spiro atoms. The molecule has 0 aliphatic carbocycles. The molecule has 0 unspecified atom stereocenters. The number of fused-ring (bicyclic) bond motifs is 1. The predicted octanol–water partition coefficient (Wildman–Crippen LogP) is 2.87. The zero-order valence-electron chi connectivity index (χ0n) is 8.03. The summed E-state index contributed by atoms with van der Waals surface area (Å²) in [5, 5.41) is 9.25. The van der Waals surface area contributed by atoms with E-state index in [1.807, 2.05) is 13.8 Å². The number of hydrogen-bond donors (Lipinski definition) is 1. The van der Waals surface area contributed by atoms with Gasteiger partial charge in [0.05, 0.1) is 0 Å². The van der Waals surface area contributed by atoms with Crippen molar-refractivity contribution >= 4 is 11.1 Å². The van der Waals surface area contributed by atoms with Crippen molar-refractivity contribution in [2.24, 2.45) is 0 Å². The summed E-state index contributed by atoms with van der Waals surface area (Å²) in [4.78, 5) is 3.95. The summed E-state index contributed by atoms with van der Waals surface area (Å²) in [6.07, 6.45) is 1.37. The van der Waals surface area contributed by atoms with Crippen LogP contribution in [0.2, 0.25) is 0 Å². The average molecular weight is 179 g/mol. The van der Waals surface area contributed by atoms with Gasteiger partial charge >= 0.3 is 0 Å². The summed E-state index contributed by atoms with van der Waals surface area (Å²) in [6, 6.07) is 3.30. The minimum Gasteiger partial charge on any atom is -0.508 e. The molecule has 0 atom stereocenters. The molecular formula is C10H13NO2. The normalized spacial score (nSPS) is 9.46. The number of oxazole rings is 1. The molecule has 3 heteroatoms. The Labute approximate surface area is 77.0 Å². The highest BCUT2D eigenvalue weighted by atomic mass is 16.3. The Hall–Kier alpha value is -1.51. The second-order valence-corrected chi connectivity index (χ2v) is 2.41. The number of phenols is 1. The van der Waals surface area contributed by atoms with E-state index in [9.17, 15) is 5.11 Å². The van der Waals surface area contributed by atoms with Crippen molar-refractivity contribution in [2.45, 2.75) is 20.8 Å². The molecule has 1 aromatic heterocycles. The fourth-order valence-electron chi connectivity index (χ4n) is 1.06. The van der Waals surface area contributed by atoms with Gasteiger partial charge in [0, 0.05) is 5.56 Å². The van der Waals surface area contributed by atoms with Crippen LogP contribution in [-0.4, -0.2) is 10.1 Å². The van der Waals surface area contributed by atoms with Crippen LogP contribution in [0.3, 0.4) is 0 Å². The molecule has 70 valence electrons. The Morgan fingerprint density at radius 2 is 2.00 bits per heavy atom. The Kier molecular flexibility index (Phi) is 2.90. The summed E-state index contributed by atoms with van der Waals surface area (Å²) in [7, 11) is 0. The van der Waals surface area contributed by atoms with Gasteiger partial charge in [-0.25, -0.2) is 4.98 Å². The smallest absolute Gasteiger partial charge is 0.181 e. The monoisotopic (exact) mass is 179 g/mol. The van der Waals surface area contributed by atoms with Gasteiger partial charge in [-0.15, -0.1) is 0 Å². The third-order valence-electron chi connectivity index (χ3n) is 1.73. The van der Waals surface area contributed by atoms with E-state index in [0.717, 1.165) is 11.1 Å². The van der Waals surface area contributed by atoms with E-state index < -0.39 is 0 Å². The molecule has 13 heavy (non-hydrogen) atoms. The van der Waals surface area contributed by atoms with Crippen LogP contribution in [-0.2, 0) is 0 Å². The third kappa shape index (κ3) is 1.64. The molecule has 1 aromatic carbocycles. The molecule has 0 amide bonds. The number of nitrogens with zero attached hydrogens (tertiary/aromatic N) is 1. The fraction of sp³-hybridized carbons (Fsp3) is 0.300. The predicted molar refractivity (Wildman–Crippen MR) is 51.8 cm³/mol. The highest BCUT2D eigenvalue weighted by Crippen LogP contribution is 2.24. The van der Waals surface area contributed by atoms with Crippen molar-refractivity contribution in [1.82, 2.24) is 4.98 Å². The van der Waals surface area contributed by atoms with Gasteiger partial charge in [-0.2, -0.15) is 0 Å². The number of aryl methyl sites for hydroxylation is 1. The van der Waals surface area contributed by atoms with Gasteiger partial charge in [0.15, 0.2) is 12.0 Å². The Bertz CT molecular complexity index is 393. The first-order chi connectivity index (χ1) is 6.29. The zero-order valence-corrected chi connectivity index (χ0v) is 8.03. The summed E-state index contributed by atoms with van der Waals surface area (Å²) in [6.45, 7) is 5.81. The van der Waals surface area contributed by atoms with Gasteiger partial charge in [0.25, 0.3) is 0 Å². The van der Waals surface area contributed by atoms with Crippen molar-refractivity contribution in [1.29, 1.82) is 0 Å². The molecule has 0 bridgehead atoms. The maximum atomic E-state index is 9.25. The second kappa shape index (κ2) is 3.94. The van der Waals surface area contributed by atoms with Crippen molar-refractivity contribution < 1.29 is 9.52 Å². The Morgan fingerprint density at radius 3 is 2.69 bits per heavy atom. The summed E-state index contributed by atoms with van der Waals surface area (Å²) in [5.74, 6) is 0.256. The van der Waals surface area contributed by atoms with Gasteiger partial charge in [0.1, 0.15) is 11.3 Å². The number of rotatable bonds is 0. The van der Waals surface area contributed by atoms with E-state index in [1.165, 1.54) is 6.39 Å². The lowest BCUT2D eigenvalue weighted by Crippen LogP contribution is -1.76. The molecule has 2 rings (SSSR count). The third-order valence-corrected chi connectivity index (χ3v) is 1.73. The molecular weight excluding hydrogens is 166 g/mol. The molecule has 0 radical (unpaired) electrons. The molecule has 0 aliphatic heterocycles. The van der Waals surface area contributed by atoms with Crippen LogP contribution in [0.4, 0.5) is 0 Å². The first-order valence-electron chi connectivity index (χ1n) is 4.31. The van der Waals surface area contributed by atoms with Crippen LogP contribution in [0.5, 0.6) is 5.75 Å². The standard InChI is InChI=1S/C8H7NO2.C2H6/c1-5-6(10)2-3-7-8(5)9-4-11-7;1-2/h2-4,10H,1H3;1-2H3. The topological polar surface area (TPSA) is 46.3 Å². The maximum absolute atomic E-state index is 9.25. The number of aromatic nitrogens is 1. The summed E-state index contributed by atoms with van der Waals surface area (Å²) < 4.78 is 5.03. The average Bonchev–Trinajstić information content (AvgIpc) is 2.63. The van der Waals surface area contributed by atoms with Crippen LogP contribution in [0.15, 0.2) is 22.9 Å². The number of hydrogen-bond acceptors (Lipinski definition) is 3. The molecule has 0 fully saturated rings. The zero-order chi connectivity index (χ0) is 9.84. The Balaban J connectivity index is 0.000000396. The molecule has 0 aliphatic rings. The molecule has 1 N–H and O–H groups in total. The van der Waals surface area contributed by atoms with E-state index >= 15 is 0 Å². The first kappa shape index (κ1) is 9.58. The summed E-state index contributed by atoms with van der Waals surface area (Å²) >= 11 is 0. The SMILES string of the molecule is CC.Cc1c(O)ccc2ocnc12. The maximum Gasteiger partial charge on any atom is 0.181 e. The Morgan fingerprint density at radius 1 is 1.31 bits per heavy atom. The van der Waals surface area contributed by atoms with Gasteiger partial charge in [-0.3, -0.25) is 0 Å². The van der Waals surface area contributed by atoms with Crippen molar-refractivity contribution in [3.8, 4) is 5.75 Å². The van der Waals surface area contributed by atoms with Crippen LogP contribution in [0, 0.1) is 6.92 Å². The van der Waals surface area contributed by atoms with Gasteiger partial charge in [-0.05, 0) is 19.1 Å². The highest BCUT2D eigenvalue weighted by Gasteiger charge is 2.04. The minimum absolute atomic E-state index is 0.256. The van der Waals surface area contributed by atoms with Crippen molar-refractivity contribution in [2.75, 3.05) is 0 Å². The van der Waals surface area contributed by atoms with E-state index in [2.05, 4.69) is 4.98 Å². The number of aromatic hydroxyl groups is 1. The van der Waals surface area contributed by atoms with Crippen LogP contribution in [0.1, 0.15) is 19.4 Å². The van der Waals surface area contributed by atoms with E-state index in [4.69, 9.17) is 4.42 Å². The van der Waals surface area contributed by atoms with Crippen LogP contribution < -0.4 is 0 Å². The quantitative estimate of drug-likeness (QED) is 0.676. The lowest BCUT2D eigenvalue weighted by molar-refractivity contribution is 0.472. The van der Waals surface area contributed by atoms with Crippen LogP contribution >= 0.6 is 0 Å². The lowest BCUT2D eigenvalue weighted by atomic mass is 10.2. The van der Waals surface area contributed by atoms with Gasteiger partial charge in [0.2, 0.25) is 0 Å². The largest absolute Gasteiger partial charge is 0.508 e. The van der Waals surface area contributed by atoms with Gasteiger partial charge < -0.3 is 9.52 Å². The van der Waals surface area contributed by atoms with E-state index in [-0.39, 0.29) is 5.75 Å². The highest BCUT2D eigenvalue weighted by molar-refractivity contribution is 5.78. The minimum atomic E-state index is 0.256. The molecule has 1 heterocycles. The molecule has 0 saturated heterocycles. The molecule has 3 nitrogen and oxygen atoms in total. The lowest BCUT2D eigenvalue weighted by Gasteiger charge is -1.95. The van der Waals surface area contributed by atoms with E-state index in [1.54, 1.807) is 19.1 Å². The second-order valence-electron chi connectivity index (χ2n) is 2.41. The number of benzene rings is 1. The van der Waals surface area contributed by atoms with Crippen molar-refractivity contribution in [3.63, 3.8) is 0 Å². The van der Waals surface area contributed by atoms with Crippen LogP contribution in [0.25, 0.3) is 11.1 Å².